The maximum absolute atomic E-state index is 11.1. The maximum atomic E-state index is 11.1. The molecule has 292 valence electrons. The first-order chi connectivity index (χ1) is 25.5. The molecule has 12 nitrogen and oxygen atoms in total. The van der Waals surface area contributed by atoms with E-state index >= 15 is 0 Å². The first-order valence-corrected chi connectivity index (χ1v) is 19.8. The molecule has 2 aliphatic rings. The Balaban J connectivity index is 0.000000196. The predicted octanol–water partition coefficient (Wildman–Crippen LogP) is 6.01. The lowest BCUT2D eigenvalue weighted by Gasteiger charge is -2.17. The van der Waals surface area contributed by atoms with E-state index in [1.165, 1.54) is 52.2 Å². The topological polar surface area (TPSA) is 153 Å². The Morgan fingerprint density at radius 2 is 1.04 bits per heavy atom. The van der Waals surface area contributed by atoms with Gasteiger partial charge in [-0.15, -0.1) is 0 Å². The molecule has 0 N–H and O–H groups in total. The number of hydrogen-bond acceptors (Lipinski definition) is 11. The number of rotatable bonds is 7. The number of likely N-dealkylation sites (N-methyl/N-ethyl adjacent to an activating group) is 1. The third-order valence-corrected chi connectivity index (χ3v) is 11.0. The molecule has 2 aliphatic heterocycles. The molecule has 6 rings (SSSR count). The molecule has 0 saturated heterocycles. The Kier molecular flexibility index (Phi) is 15.8. The lowest BCUT2D eigenvalue weighted by Crippen LogP contribution is -2.25. The van der Waals surface area contributed by atoms with Gasteiger partial charge in [0.25, 0.3) is 10.1 Å². The van der Waals surface area contributed by atoms with Crippen LogP contribution in [0.25, 0.3) is 0 Å². The minimum Gasteiger partial charge on any atom is -0.744 e. The Morgan fingerprint density at radius 1 is 0.611 bits per heavy atom. The fourth-order valence-corrected chi connectivity index (χ4v) is 6.66. The summed E-state index contributed by atoms with van der Waals surface area (Å²) in [6.45, 7) is 9.82. The van der Waals surface area contributed by atoms with Gasteiger partial charge in [-0.1, -0.05) is 35.4 Å². The van der Waals surface area contributed by atoms with Crippen molar-refractivity contribution in [1.82, 2.24) is 0 Å². The van der Waals surface area contributed by atoms with Crippen molar-refractivity contribution in [1.29, 1.82) is 0 Å². The number of ether oxygens (including phenoxy) is 4. The van der Waals surface area contributed by atoms with E-state index in [2.05, 4.69) is 39.9 Å². The molecule has 4 aromatic rings. The van der Waals surface area contributed by atoms with Crippen molar-refractivity contribution in [2.24, 2.45) is 4.99 Å². The van der Waals surface area contributed by atoms with Crippen LogP contribution < -0.4 is 18.9 Å². The summed E-state index contributed by atoms with van der Waals surface area (Å²) in [6, 6.07) is 20.5. The van der Waals surface area contributed by atoms with Crippen molar-refractivity contribution in [2.75, 3.05) is 55.7 Å². The van der Waals surface area contributed by atoms with Crippen LogP contribution in [0.4, 0.5) is 0 Å². The number of fused-ring (bicyclic) bond motifs is 2. The van der Waals surface area contributed by atoms with Crippen molar-refractivity contribution in [3.63, 3.8) is 0 Å². The molecule has 2 heterocycles. The number of aryl methyl sites for hydroxylation is 2. The zero-order chi connectivity index (χ0) is 40.2. The Hall–Kier alpha value is -4.76. The lowest BCUT2D eigenvalue weighted by molar-refractivity contribution is -0.498. The summed E-state index contributed by atoms with van der Waals surface area (Å²) >= 11 is 0. The molecule has 54 heavy (non-hydrogen) atoms. The van der Waals surface area contributed by atoms with Gasteiger partial charge in [0, 0.05) is 36.7 Å². The Morgan fingerprint density at radius 3 is 1.48 bits per heavy atom. The third-order valence-electron chi connectivity index (χ3n) is 8.86. The maximum Gasteiger partial charge on any atom is 0.296 e. The Bertz CT molecular complexity index is 2180. The van der Waals surface area contributed by atoms with Gasteiger partial charge in [0.2, 0.25) is 0 Å². The molecule has 0 saturated carbocycles. The highest BCUT2D eigenvalue weighted by atomic mass is 32.2. The van der Waals surface area contributed by atoms with Crippen molar-refractivity contribution in [3.05, 3.63) is 106 Å². The number of hydrogen-bond donors (Lipinski definition) is 0. The number of benzene rings is 4. The van der Waals surface area contributed by atoms with Gasteiger partial charge in [-0.05, 0) is 86.8 Å². The van der Waals surface area contributed by atoms with Gasteiger partial charge in [-0.2, -0.15) is 8.42 Å². The quantitative estimate of drug-likeness (QED) is 0.124. The second-order valence-electron chi connectivity index (χ2n) is 12.4. The van der Waals surface area contributed by atoms with Crippen LogP contribution in [0.3, 0.4) is 0 Å². The first-order valence-electron chi connectivity index (χ1n) is 17.0. The van der Waals surface area contributed by atoms with Crippen molar-refractivity contribution < 1.29 is 49.1 Å². The van der Waals surface area contributed by atoms with Gasteiger partial charge in [0.15, 0.2) is 28.7 Å². The number of nitrogens with zero attached hydrogens (tertiary/aromatic N) is 2. The van der Waals surface area contributed by atoms with Gasteiger partial charge < -0.3 is 23.5 Å². The van der Waals surface area contributed by atoms with Gasteiger partial charge in [0.05, 0.1) is 45.3 Å². The van der Waals surface area contributed by atoms with Crippen LogP contribution in [0.15, 0.2) is 87.6 Å². The summed E-state index contributed by atoms with van der Waals surface area (Å²) in [5.74, 6) is 3.19. The zero-order valence-corrected chi connectivity index (χ0v) is 34.2. The van der Waals surface area contributed by atoms with Crippen LogP contribution >= 0.6 is 0 Å². The normalized spacial score (nSPS) is 13.2. The minimum atomic E-state index is -4.27. The number of methoxy groups -OCH3 is 4. The summed E-state index contributed by atoms with van der Waals surface area (Å²) in [5.41, 5.74) is 9.40. The highest BCUT2D eigenvalue weighted by Gasteiger charge is 2.22. The van der Waals surface area contributed by atoms with E-state index in [1.807, 2.05) is 32.9 Å². The molecule has 4 aromatic carbocycles. The molecule has 0 radical (unpaired) electrons. The van der Waals surface area contributed by atoms with E-state index in [0.717, 1.165) is 72.9 Å². The largest absolute Gasteiger partial charge is 0.744 e. The van der Waals surface area contributed by atoms with Crippen LogP contribution in [0, 0.1) is 13.8 Å². The summed E-state index contributed by atoms with van der Waals surface area (Å²) in [7, 11) is 2.15. The third kappa shape index (κ3) is 11.6. The Labute approximate surface area is 319 Å². The molecule has 0 amide bonds. The van der Waals surface area contributed by atoms with E-state index in [4.69, 9.17) is 18.9 Å². The van der Waals surface area contributed by atoms with E-state index in [9.17, 15) is 21.4 Å². The lowest BCUT2D eigenvalue weighted by atomic mass is 9.97. The van der Waals surface area contributed by atoms with Crippen LogP contribution in [0.1, 0.15) is 47.2 Å². The van der Waals surface area contributed by atoms with E-state index in [0.29, 0.717) is 0 Å². The molecule has 0 fully saturated rings. The van der Waals surface area contributed by atoms with Gasteiger partial charge in [0.1, 0.15) is 23.7 Å². The molecule has 0 bridgehead atoms. The van der Waals surface area contributed by atoms with Gasteiger partial charge in [-0.3, -0.25) is 9.18 Å². The molecule has 0 unspecified atom stereocenters. The molecular weight excluding hydrogens is 733 g/mol. The summed E-state index contributed by atoms with van der Waals surface area (Å²) in [6.07, 6.45) is 2.04. The van der Waals surface area contributed by atoms with Crippen LogP contribution in [0.2, 0.25) is 0 Å². The SMILES string of the molecule is COS(=O)(=O)c1ccc(C)cc1.COc1cc2c(cc1OC)C(C)=NCC2.COc1cc2c(cc1OC)C(C)=[N+](C)CC2.Cc1ccc(S(=O)(=O)[O-])cc1. The average Bonchev–Trinajstić information content (AvgIpc) is 3.16. The summed E-state index contributed by atoms with van der Waals surface area (Å²) in [5, 5.41) is 0. The van der Waals surface area contributed by atoms with Gasteiger partial charge in [-0.25, -0.2) is 13.0 Å². The summed E-state index contributed by atoms with van der Waals surface area (Å²) in [4.78, 5) is 4.44. The second-order valence-corrected chi connectivity index (χ2v) is 15.5. The molecule has 14 heteroatoms. The fraction of sp³-hybridized carbons (Fsp3) is 0.350. The van der Waals surface area contributed by atoms with E-state index < -0.39 is 20.2 Å². The van der Waals surface area contributed by atoms with Crippen molar-refractivity contribution in [2.45, 2.75) is 50.3 Å². The predicted molar refractivity (Wildman–Crippen MR) is 209 cm³/mol. The van der Waals surface area contributed by atoms with Crippen LogP contribution in [-0.2, 0) is 37.3 Å². The summed E-state index contributed by atoms with van der Waals surface area (Å²) < 4.78 is 81.1. The average molecular weight is 783 g/mol. The molecule has 0 atom stereocenters. The fourth-order valence-electron chi connectivity index (χ4n) is 5.53. The van der Waals surface area contributed by atoms with Crippen molar-refractivity contribution in [3.8, 4) is 23.0 Å². The van der Waals surface area contributed by atoms with Crippen molar-refractivity contribution >= 4 is 31.7 Å². The van der Waals surface area contributed by atoms with Crippen LogP contribution in [-0.4, -0.2) is 93.1 Å². The van der Waals surface area contributed by atoms with Gasteiger partial charge >= 0.3 is 0 Å². The highest BCUT2D eigenvalue weighted by molar-refractivity contribution is 7.86. The van der Waals surface area contributed by atoms with E-state index in [1.54, 1.807) is 52.7 Å². The number of aliphatic imine (C=N–C) groups is 1. The molecule has 0 aromatic heterocycles. The minimum absolute atomic E-state index is 0.178. The second kappa shape index (κ2) is 19.5. The molecule has 0 spiro atoms. The standard InChI is InChI=1S/C13H18NO2.C12H15NO2.C8H10O3S.C7H8O3S/c1-9-11-8-13(16-4)12(15-3)7-10(11)5-6-14(9)2;1-8-10-7-12(15-3)11(14-2)6-9(10)4-5-13-8;1-7-3-5-8(6-4-7)12(9,10)11-2;1-6-2-4-7(5-3-6)11(8,9)10/h7-8H,5-6H2,1-4H3;6-7H,4-5H2,1-3H3;3-6H,1-2H3;2-5H,1H3,(H,8,9,10)/q+1;;;/p-1. The smallest absolute Gasteiger partial charge is 0.296 e. The van der Waals surface area contributed by atoms with E-state index in [-0.39, 0.29) is 9.79 Å². The first kappa shape index (κ1) is 43.6. The van der Waals surface area contributed by atoms with Crippen LogP contribution in [0.5, 0.6) is 23.0 Å². The molecule has 0 aliphatic carbocycles. The monoisotopic (exact) mass is 782 g/mol. The highest BCUT2D eigenvalue weighted by Crippen LogP contribution is 2.33. The molecular formula is C40H50N2O10S2. The zero-order valence-electron chi connectivity index (χ0n) is 32.6.